The molecule has 1 fully saturated rings. The van der Waals surface area contributed by atoms with Gasteiger partial charge in [-0.1, -0.05) is 0 Å². The molecule has 1 aliphatic heterocycles. The third kappa shape index (κ3) is 4.66. The quantitative estimate of drug-likeness (QED) is 0.230. The summed E-state index contributed by atoms with van der Waals surface area (Å²) in [6, 6.07) is 0. The van der Waals surface area contributed by atoms with Crippen LogP contribution in [0.2, 0.25) is 0 Å². The van der Waals surface area contributed by atoms with Gasteiger partial charge in [0.1, 0.15) is 6.61 Å². The molecule has 0 aromatic rings. The highest BCUT2D eigenvalue weighted by Crippen LogP contribution is 2.19. The number of rotatable bonds is 7. The van der Waals surface area contributed by atoms with Crippen LogP contribution >= 0.6 is 8.25 Å². The first-order valence-corrected chi connectivity index (χ1v) is 6.57. The van der Waals surface area contributed by atoms with Crippen molar-refractivity contribution in [3.63, 3.8) is 0 Å². The third-order valence-electron chi connectivity index (χ3n) is 2.40. The van der Waals surface area contributed by atoms with Crippen molar-refractivity contribution in [2.24, 2.45) is 5.92 Å². The Hall–Kier alpha value is -1.08. The molecule has 1 aliphatic rings. The topological polar surface area (TPSA) is 102 Å². The van der Waals surface area contributed by atoms with Crippen molar-refractivity contribution >= 4 is 20.1 Å². The number of amides is 1. The summed E-state index contributed by atoms with van der Waals surface area (Å²) in [7, 11) is -2.81. The van der Waals surface area contributed by atoms with Gasteiger partial charge in [0.15, 0.2) is 0 Å². The van der Waals surface area contributed by atoms with Crippen LogP contribution in [0.15, 0.2) is 0 Å². The van der Waals surface area contributed by atoms with Crippen molar-refractivity contribution in [3.8, 4) is 0 Å². The molecule has 1 heterocycles. The van der Waals surface area contributed by atoms with E-state index < -0.39 is 14.2 Å². The Morgan fingerprint density at radius 3 is 2.94 bits per heavy atom. The van der Waals surface area contributed by atoms with Crippen molar-refractivity contribution in [1.29, 1.82) is 0 Å². The predicted molar refractivity (Wildman–Crippen MR) is 58.2 cm³/mol. The van der Waals surface area contributed by atoms with Gasteiger partial charge in [-0.3, -0.25) is 9.59 Å². The minimum atomic E-state index is -2.81. The van der Waals surface area contributed by atoms with Gasteiger partial charge in [0, 0.05) is 24.1 Å². The van der Waals surface area contributed by atoms with Crippen LogP contribution in [0.4, 0.5) is 0 Å². The van der Waals surface area contributed by atoms with Gasteiger partial charge in [0.05, 0.1) is 17.2 Å². The van der Waals surface area contributed by atoms with E-state index in [-0.39, 0.29) is 44.6 Å². The van der Waals surface area contributed by atoms with Crippen LogP contribution in [0.3, 0.4) is 0 Å². The van der Waals surface area contributed by atoms with Crippen LogP contribution in [-0.4, -0.2) is 48.0 Å². The molecular weight excluding hydrogens is 265 g/mol. The molecule has 0 spiro atoms. The third-order valence-corrected chi connectivity index (χ3v) is 2.63. The van der Waals surface area contributed by atoms with Crippen LogP contribution in [-0.2, 0) is 28.5 Å². The maximum Gasteiger partial charge on any atom is 0.725 e. The molecule has 9 heteroatoms. The van der Waals surface area contributed by atoms with Gasteiger partial charge in [-0.2, -0.15) is 4.89 Å². The van der Waals surface area contributed by atoms with E-state index >= 15 is 0 Å². The van der Waals surface area contributed by atoms with E-state index in [4.69, 9.17) is 9.63 Å². The van der Waals surface area contributed by atoms with E-state index in [1.807, 2.05) is 0 Å². The highest BCUT2D eigenvalue weighted by atomic mass is 31.1. The van der Waals surface area contributed by atoms with E-state index in [2.05, 4.69) is 9.56 Å². The zero-order valence-electron chi connectivity index (χ0n) is 9.90. The number of carbonyl (C=O) groups excluding carboxylic acids is 2. The van der Waals surface area contributed by atoms with E-state index in [0.717, 1.165) is 0 Å². The number of esters is 1. The van der Waals surface area contributed by atoms with Crippen molar-refractivity contribution in [2.45, 2.75) is 13.3 Å². The Bertz CT molecular complexity index is 335. The zero-order chi connectivity index (χ0) is 13.5. The first kappa shape index (κ1) is 15.0. The highest BCUT2D eigenvalue weighted by Gasteiger charge is 2.35. The van der Waals surface area contributed by atoms with Gasteiger partial charge in [-0.25, -0.2) is 0 Å². The van der Waals surface area contributed by atoms with E-state index in [9.17, 15) is 14.2 Å². The number of likely N-dealkylation sites (tertiary alicyclic amines) is 1. The van der Waals surface area contributed by atoms with Crippen LogP contribution < -0.4 is 0 Å². The molecule has 0 aromatic carbocycles. The SMILES string of the molecule is CCOC(=O)C1CC(=O)N(CCOO[P+](=O)O)C1. The zero-order valence-corrected chi connectivity index (χ0v) is 10.8. The van der Waals surface area contributed by atoms with Crippen LogP contribution in [0, 0.1) is 5.92 Å². The second-order valence-corrected chi connectivity index (χ2v) is 4.25. The first-order chi connectivity index (χ1) is 8.54. The Morgan fingerprint density at radius 2 is 2.33 bits per heavy atom. The molecule has 1 saturated heterocycles. The molecule has 0 bridgehead atoms. The molecule has 2 unspecified atom stereocenters. The average Bonchev–Trinajstić information content (AvgIpc) is 2.67. The predicted octanol–water partition coefficient (Wildman–Crippen LogP) is -0.00410. The maximum absolute atomic E-state index is 11.5. The van der Waals surface area contributed by atoms with Crippen LogP contribution in [0.5, 0.6) is 0 Å². The Morgan fingerprint density at radius 1 is 1.61 bits per heavy atom. The summed E-state index contributed by atoms with van der Waals surface area (Å²) in [4.78, 5) is 37.1. The molecular formula is C9H15NO7P+. The minimum absolute atomic E-state index is 0.0388. The molecule has 8 nitrogen and oxygen atoms in total. The molecule has 0 aliphatic carbocycles. The lowest BCUT2D eigenvalue weighted by atomic mass is 10.1. The molecule has 1 amide bonds. The number of ether oxygens (including phenoxy) is 1. The minimum Gasteiger partial charge on any atom is -0.466 e. The number of hydrogen-bond donors (Lipinski definition) is 1. The lowest BCUT2D eigenvalue weighted by molar-refractivity contribution is -0.209. The molecule has 0 radical (unpaired) electrons. The summed E-state index contributed by atoms with van der Waals surface area (Å²) in [6.45, 7) is 2.41. The smallest absolute Gasteiger partial charge is 0.466 e. The lowest BCUT2D eigenvalue weighted by Crippen LogP contribution is -2.30. The lowest BCUT2D eigenvalue weighted by Gasteiger charge is -2.14. The van der Waals surface area contributed by atoms with E-state index in [0.29, 0.717) is 0 Å². The second kappa shape index (κ2) is 7.38. The largest absolute Gasteiger partial charge is 0.725 e. The Balaban J connectivity index is 2.29. The second-order valence-electron chi connectivity index (χ2n) is 3.63. The molecule has 1 N–H and O–H groups in total. The molecule has 1 rings (SSSR count). The molecule has 0 saturated carbocycles. The normalized spacial score (nSPS) is 20.1. The Labute approximate surface area is 105 Å². The maximum atomic E-state index is 11.5. The number of nitrogens with zero attached hydrogens (tertiary/aromatic N) is 1. The molecule has 18 heavy (non-hydrogen) atoms. The standard InChI is InChI=1S/C9H14NO7P/c1-2-15-9(12)7-5-8(11)10(6-7)3-4-16-17-18(13)14/h7H,2-6H2,1H3/p+1. The summed E-state index contributed by atoms with van der Waals surface area (Å²) in [5, 5.41) is 0. The first-order valence-electron chi connectivity index (χ1n) is 5.44. The van der Waals surface area contributed by atoms with Gasteiger partial charge >= 0.3 is 14.2 Å². The monoisotopic (exact) mass is 280 g/mol. The van der Waals surface area contributed by atoms with Gasteiger partial charge in [-0.15, -0.1) is 4.89 Å². The van der Waals surface area contributed by atoms with E-state index in [1.54, 1.807) is 6.92 Å². The van der Waals surface area contributed by atoms with E-state index in [1.165, 1.54) is 4.90 Å². The Kier molecular flexibility index (Phi) is 6.14. The van der Waals surface area contributed by atoms with Crippen molar-refractivity contribution in [2.75, 3.05) is 26.3 Å². The fourth-order valence-corrected chi connectivity index (χ4v) is 1.80. The van der Waals surface area contributed by atoms with Gasteiger partial charge < -0.3 is 9.64 Å². The number of hydrogen-bond acceptors (Lipinski definition) is 6. The fourth-order valence-electron chi connectivity index (χ4n) is 1.64. The molecule has 0 aromatic heterocycles. The molecule has 2 atom stereocenters. The number of carbonyl (C=O) groups is 2. The summed E-state index contributed by atoms with van der Waals surface area (Å²) in [6.07, 6.45) is 0.119. The molecule has 102 valence electrons. The van der Waals surface area contributed by atoms with Crippen molar-refractivity contribution in [1.82, 2.24) is 4.90 Å². The van der Waals surface area contributed by atoms with Crippen molar-refractivity contribution in [3.05, 3.63) is 0 Å². The fraction of sp³-hybridized carbons (Fsp3) is 0.778. The summed E-state index contributed by atoms with van der Waals surface area (Å²) in [5.74, 6) is -1.01. The van der Waals surface area contributed by atoms with Gasteiger partial charge in [0.2, 0.25) is 5.91 Å². The van der Waals surface area contributed by atoms with Gasteiger partial charge in [-0.05, 0) is 6.92 Å². The van der Waals surface area contributed by atoms with Crippen LogP contribution in [0.25, 0.3) is 0 Å². The van der Waals surface area contributed by atoms with Crippen molar-refractivity contribution < 1.29 is 33.3 Å². The average molecular weight is 280 g/mol. The summed E-state index contributed by atoms with van der Waals surface area (Å²) in [5.41, 5.74) is 0. The van der Waals surface area contributed by atoms with Crippen LogP contribution in [0.1, 0.15) is 13.3 Å². The summed E-state index contributed by atoms with van der Waals surface area (Å²) >= 11 is 0. The summed E-state index contributed by atoms with van der Waals surface area (Å²) < 4.78 is 19.0. The highest BCUT2D eigenvalue weighted by molar-refractivity contribution is 7.31. The van der Waals surface area contributed by atoms with Gasteiger partial charge in [0.25, 0.3) is 0 Å².